The summed E-state index contributed by atoms with van der Waals surface area (Å²) in [6.45, 7) is 7.82. The number of anilines is 1. The average molecular weight is 230 g/mol. The lowest BCUT2D eigenvalue weighted by atomic mass is 9.88. The molecule has 0 spiro atoms. The minimum atomic E-state index is -0.463. The first-order valence-corrected chi connectivity index (χ1v) is 5.97. The van der Waals surface area contributed by atoms with Gasteiger partial charge in [-0.25, -0.2) is 4.98 Å². The third kappa shape index (κ3) is 2.56. The van der Waals surface area contributed by atoms with Gasteiger partial charge in [0.25, 0.3) is 0 Å². The molecule has 0 amide bonds. The Morgan fingerprint density at radius 3 is 2.59 bits per heavy atom. The number of piperazine rings is 1. The standard InChI is InChI=1S/C13H18N4/c1-13(2,10-14)11-3-4-12(16-9-11)17-7-5-15-6-8-17/h3-4,9,15H,5-8H2,1-2H3. The van der Waals surface area contributed by atoms with Gasteiger partial charge in [0.05, 0.1) is 11.5 Å². The van der Waals surface area contributed by atoms with Crippen LogP contribution >= 0.6 is 0 Å². The van der Waals surface area contributed by atoms with Crippen LogP contribution in [0, 0.1) is 11.3 Å². The molecule has 0 saturated carbocycles. The highest BCUT2D eigenvalue weighted by atomic mass is 15.2. The summed E-state index contributed by atoms with van der Waals surface area (Å²) in [5.41, 5.74) is 0.508. The van der Waals surface area contributed by atoms with Crippen molar-refractivity contribution in [1.29, 1.82) is 5.26 Å². The van der Waals surface area contributed by atoms with E-state index >= 15 is 0 Å². The number of nitrogens with zero attached hydrogens (tertiary/aromatic N) is 3. The fraction of sp³-hybridized carbons (Fsp3) is 0.538. The Morgan fingerprint density at radius 2 is 2.06 bits per heavy atom. The maximum Gasteiger partial charge on any atom is 0.128 e. The Bertz CT molecular complexity index is 410. The Balaban J connectivity index is 2.15. The van der Waals surface area contributed by atoms with Crippen LogP contribution in [0.15, 0.2) is 18.3 Å². The number of hydrogen-bond acceptors (Lipinski definition) is 4. The molecule has 90 valence electrons. The van der Waals surface area contributed by atoms with E-state index in [1.807, 2.05) is 32.2 Å². The van der Waals surface area contributed by atoms with Crippen LogP contribution in [0.1, 0.15) is 19.4 Å². The number of nitriles is 1. The number of aromatic nitrogens is 1. The second-order valence-electron chi connectivity index (χ2n) is 4.88. The normalized spacial score (nSPS) is 16.6. The molecule has 4 nitrogen and oxygen atoms in total. The molecule has 4 heteroatoms. The summed E-state index contributed by atoms with van der Waals surface area (Å²) < 4.78 is 0. The van der Waals surface area contributed by atoms with E-state index in [4.69, 9.17) is 5.26 Å². The van der Waals surface area contributed by atoms with Gasteiger partial charge in [-0.2, -0.15) is 5.26 Å². The molecule has 1 fully saturated rings. The summed E-state index contributed by atoms with van der Waals surface area (Å²) >= 11 is 0. The van der Waals surface area contributed by atoms with Crippen LogP contribution in [0.2, 0.25) is 0 Å². The number of nitrogens with one attached hydrogen (secondary N) is 1. The van der Waals surface area contributed by atoms with E-state index in [2.05, 4.69) is 21.3 Å². The van der Waals surface area contributed by atoms with Gasteiger partial charge >= 0.3 is 0 Å². The Kier molecular flexibility index (Phi) is 3.30. The van der Waals surface area contributed by atoms with Gasteiger partial charge in [0.1, 0.15) is 5.82 Å². The van der Waals surface area contributed by atoms with Crippen molar-refractivity contribution in [2.45, 2.75) is 19.3 Å². The zero-order valence-corrected chi connectivity index (χ0v) is 10.4. The van der Waals surface area contributed by atoms with Crippen LogP contribution in [0.4, 0.5) is 5.82 Å². The van der Waals surface area contributed by atoms with Gasteiger partial charge in [-0.05, 0) is 25.5 Å². The molecule has 1 aromatic heterocycles. The molecule has 0 radical (unpaired) electrons. The van der Waals surface area contributed by atoms with E-state index in [9.17, 15) is 0 Å². The lowest BCUT2D eigenvalue weighted by Crippen LogP contribution is -2.43. The topological polar surface area (TPSA) is 52.0 Å². The van der Waals surface area contributed by atoms with Crippen LogP contribution in [-0.4, -0.2) is 31.2 Å². The Hall–Kier alpha value is -1.60. The molecule has 2 heterocycles. The summed E-state index contributed by atoms with van der Waals surface area (Å²) in [5, 5.41) is 12.4. The van der Waals surface area contributed by atoms with Crippen LogP contribution in [-0.2, 0) is 5.41 Å². The van der Waals surface area contributed by atoms with Crippen molar-refractivity contribution in [3.8, 4) is 6.07 Å². The van der Waals surface area contributed by atoms with E-state index in [1.54, 1.807) is 0 Å². The summed E-state index contributed by atoms with van der Waals surface area (Å²) in [6, 6.07) is 6.31. The Labute approximate surface area is 102 Å². The molecule has 1 aliphatic rings. The van der Waals surface area contributed by atoms with Crippen molar-refractivity contribution in [3.63, 3.8) is 0 Å². The van der Waals surface area contributed by atoms with Gasteiger partial charge < -0.3 is 10.2 Å². The number of pyridine rings is 1. The van der Waals surface area contributed by atoms with E-state index in [1.165, 1.54) is 0 Å². The smallest absolute Gasteiger partial charge is 0.128 e. The summed E-state index contributed by atoms with van der Waals surface area (Å²) in [7, 11) is 0. The van der Waals surface area contributed by atoms with E-state index in [0.29, 0.717) is 0 Å². The van der Waals surface area contributed by atoms with Crippen molar-refractivity contribution >= 4 is 5.82 Å². The molecule has 0 aromatic carbocycles. The zero-order valence-electron chi connectivity index (χ0n) is 10.4. The maximum atomic E-state index is 9.07. The minimum Gasteiger partial charge on any atom is -0.354 e. The average Bonchev–Trinajstić information content (AvgIpc) is 2.40. The van der Waals surface area contributed by atoms with E-state index < -0.39 is 5.41 Å². The molecule has 1 aromatic rings. The summed E-state index contributed by atoms with van der Waals surface area (Å²) in [6.07, 6.45) is 1.82. The molecule has 0 unspecified atom stereocenters. The molecule has 0 aliphatic carbocycles. The van der Waals surface area contributed by atoms with E-state index in [-0.39, 0.29) is 0 Å². The molecule has 1 aliphatic heterocycles. The van der Waals surface area contributed by atoms with Crippen LogP contribution in [0.5, 0.6) is 0 Å². The SMILES string of the molecule is CC(C)(C#N)c1ccc(N2CCNCC2)nc1. The maximum absolute atomic E-state index is 9.07. The molecular weight excluding hydrogens is 212 g/mol. The largest absolute Gasteiger partial charge is 0.354 e. The highest BCUT2D eigenvalue weighted by molar-refractivity contribution is 5.42. The van der Waals surface area contributed by atoms with Crippen LogP contribution < -0.4 is 10.2 Å². The molecule has 0 bridgehead atoms. The highest BCUT2D eigenvalue weighted by Crippen LogP contribution is 2.23. The fourth-order valence-electron chi connectivity index (χ4n) is 1.90. The first kappa shape index (κ1) is 11.9. The molecule has 2 rings (SSSR count). The number of rotatable bonds is 2. The van der Waals surface area contributed by atoms with Gasteiger partial charge in [-0.3, -0.25) is 0 Å². The third-order valence-corrected chi connectivity index (χ3v) is 3.19. The van der Waals surface area contributed by atoms with Gasteiger partial charge in [-0.1, -0.05) is 6.07 Å². The summed E-state index contributed by atoms with van der Waals surface area (Å²) in [4.78, 5) is 6.73. The van der Waals surface area contributed by atoms with Gasteiger partial charge in [0.2, 0.25) is 0 Å². The first-order valence-electron chi connectivity index (χ1n) is 5.97. The Morgan fingerprint density at radius 1 is 1.35 bits per heavy atom. The van der Waals surface area contributed by atoms with Gasteiger partial charge in [0, 0.05) is 32.4 Å². The van der Waals surface area contributed by atoms with Crippen LogP contribution in [0.3, 0.4) is 0 Å². The van der Waals surface area contributed by atoms with Gasteiger partial charge in [0.15, 0.2) is 0 Å². The van der Waals surface area contributed by atoms with E-state index in [0.717, 1.165) is 37.6 Å². The zero-order chi connectivity index (χ0) is 12.3. The van der Waals surface area contributed by atoms with Crippen molar-refractivity contribution < 1.29 is 0 Å². The minimum absolute atomic E-state index is 0.463. The van der Waals surface area contributed by atoms with Crippen molar-refractivity contribution in [3.05, 3.63) is 23.9 Å². The van der Waals surface area contributed by atoms with Crippen LogP contribution in [0.25, 0.3) is 0 Å². The fourth-order valence-corrected chi connectivity index (χ4v) is 1.90. The number of hydrogen-bond donors (Lipinski definition) is 1. The first-order chi connectivity index (χ1) is 8.13. The molecule has 17 heavy (non-hydrogen) atoms. The second-order valence-corrected chi connectivity index (χ2v) is 4.88. The highest BCUT2D eigenvalue weighted by Gasteiger charge is 2.20. The third-order valence-electron chi connectivity index (χ3n) is 3.19. The van der Waals surface area contributed by atoms with Crippen molar-refractivity contribution in [2.24, 2.45) is 0 Å². The molecule has 0 atom stereocenters. The predicted octanol–water partition coefficient (Wildman–Crippen LogP) is 1.29. The monoisotopic (exact) mass is 230 g/mol. The van der Waals surface area contributed by atoms with Crippen molar-refractivity contribution in [2.75, 3.05) is 31.1 Å². The molecule has 1 N–H and O–H groups in total. The predicted molar refractivity (Wildman–Crippen MR) is 68.0 cm³/mol. The summed E-state index contributed by atoms with van der Waals surface area (Å²) in [5.74, 6) is 1.00. The lowest BCUT2D eigenvalue weighted by molar-refractivity contribution is 0.584. The van der Waals surface area contributed by atoms with Crippen molar-refractivity contribution in [1.82, 2.24) is 10.3 Å². The lowest BCUT2D eigenvalue weighted by Gasteiger charge is -2.28. The second kappa shape index (κ2) is 4.72. The molecule has 1 saturated heterocycles. The molecular formula is C13H18N4. The van der Waals surface area contributed by atoms with Gasteiger partial charge in [-0.15, -0.1) is 0 Å². The quantitative estimate of drug-likeness (QED) is 0.832.